The molecule has 0 spiro atoms. The van der Waals surface area contributed by atoms with Crippen molar-refractivity contribution in [3.05, 3.63) is 71.9 Å². The van der Waals surface area contributed by atoms with E-state index >= 15 is 0 Å². The molecule has 1 aliphatic rings. The van der Waals surface area contributed by atoms with E-state index in [0.717, 1.165) is 43.3 Å². The minimum atomic E-state index is -2.29. The van der Waals surface area contributed by atoms with Crippen molar-refractivity contribution in [1.29, 1.82) is 0 Å². The Labute approximate surface area is 353 Å². The summed E-state index contributed by atoms with van der Waals surface area (Å²) in [7, 11) is -5.02. The van der Waals surface area contributed by atoms with Crippen molar-refractivity contribution >= 4 is 36.9 Å². The van der Waals surface area contributed by atoms with Crippen molar-refractivity contribution < 1.29 is 32.3 Å². The van der Waals surface area contributed by atoms with E-state index in [9.17, 15) is 9.59 Å². The second kappa shape index (κ2) is 24.2. The molecule has 0 bridgehead atoms. The lowest BCUT2D eigenvalue weighted by atomic mass is 9.95. The topological polar surface area (TPSA) is 80.3 Å². The Bertz CT molecular complexity index is 1400. The van der Waals surface area contributed by atoms with E-state index in [4.69, 9.17) is 22.8 Å². The summed E-state index contributed by atoms with van der Waals surface area (Å²) in [4.78, 5) is 24.9. The maximum absolute atomic E-state index is 13.2. The smallest absolute Gasteiger partial charge is 0.330 e. The van der Waals surface area contributed by atoms with Gasteiger partial charge < -0.3 is 22.8 Å². The fraction of sp³-hybridized carbons (Fsp3) is 0.702. The highest BCUT2D eigenvalue weighted by Crippen LogP contribution is 2.44. The number of ether oxygens (including phenoxy) is 2. The molecule has 10 heteroatoms. The summed E-state index contributed by atoms with van der Waals surface area (Å²) in [5, 5.41) is 0.0558. The van der Waals surface area contributed by atoms with Crippen LogP contribution in [0.5, 0.6) is 0 Å². The van der Waals surface area contributed by atoms with Crippen molar-refractivity contribution in [2.45, 2.75) is 200 Å². The van der Waals surface area contributed by atoms with Crippen LogP contribution in [-0.4, -0.2) is 68.4 Å². The summed E-state index contributed by atoms with van der Waals surface area (Å²) < 4.78 is 32.7. The Kier molecular flexibility index (Phi) is 22.5. The van der Waals surface area contributed by atoms with Gasteiger partial charge in [-0.1, -0.05) is 129 Å². The Morgan fingerprint density at radius 1 is 0.860 bits per heavy atom. The predicted molar refractivity (Wildman–Crippen MR) is 249 cm³/mol. The number of allylic oxidation sites excluding steroid dienone is 6. The molecule has 0 saturated heterocycles. The molecule has 326 valence electrons. The fourth-order valence-corrected chi connectivity index (χ4v) is 15.6. The summed E-state index contributed by atoms with van der Waals surface area (Å²) >= 11 is 0. The molecule has 0 amide bonds. The number of methoxy groups -OCH3 is 1. The molecule has 57 heavy (non-hydrogen) atoms. The van der Waals surface area contributed by atoms with Crippen LogP contribution in [0.15, 0.2) is 71.9 Å². The van der Waals surface area contributed by atoms with Crippen LogP contribution in [0.1, 0.15) is 122 Å². The molecule has 0 aromatic heterocycles. The Morgan fingerprint density at radius 3 is 2.02 bits per heavy atom. The third-order valence-electron chi connectivity index (χ3n) is 11.5. The van der Waals surface area contributed by atoms with E-state index in [0.29, 0.717) is 23.0 Å². The zero-order chi connectivity index (χ0) is 43.8. The molecule has 1 aliphatic heterocycles. The van der Waals surface area contributed by atoms with Gasteiger partial charge in [0.2, 0.25) is 8.32 Å². The lowest BCUT2D eigenvalue weighted by Crippen LogP contribution is -2.53. The van der Waals surface area contributed by atoms with Crippen LogP contribution < -0.4 is 0 Å². The summed E-state index contributed by atoms with van der Waals surface area (Å²) in [5.74, 6) is -0.854. The van der Waals surface area contributed by atoms with E-state index in [1.54, 1.807) is 12.2 Å². The molecule has 0 aromatic rings. The van der Waals surface area contributed by atoms with Gasteiger partial charge in [0.1, 0.15) is 6.10 Å². The van der Waals surface area contributed by atoms with Crippen LogP contribution in [-0.2, 0) is 32.3 Å². The summed E-state index contributed by atoms with van der Waals surface area (Å²) in [6, 6.07) is 0. The van der Waals surface area contributed by atoms with Gasteiger partial charge in [0.05, 0.1) is 25.4 Å². The van der Waals surface area contributed by atoms with Crippen LogP contribution in [0.4, 0.5) is 0 Å². The normalized spacial score (nSPS) is 25.5. The largest absolute Gasteiger partial charge is 0.466 e. The van der Waals surface area contributed by atoms with Crippen LogP contribution in [0.25, 0.3) is 0 Å². The molecule has 0 radical (unpaired) electrons. The second-order valence-corrected chi connectivity index (χ2v) is 34.3. The van der Waals surface area contributed by atoms with Crippen molar-refractivity contribution in [3.8, 4) is 0 Å². The van der Waals surface area contributed by atoms with E-state index in [2.05, 4.69) is 132 Å². The van der Waals surface area contributed by atoms with Gasteiger partial charge in [-0.3, -0.25) is 0 Å². The first-order chi connectivity index (χ1) is 26.2. The molecule has 5 atom stereocenters. The van der Waals surface area contributed by atoms with E-state index in [1.165, 1.54) is 13.2 Å². The van der Waals surface area contributed by atoms with Crippen LogP contribution in [0, 0.1) is 5.92 Å². The Balaban J connectivity index is 3.82. The number of cyclic esters (lactones) is 1. The summed E-state index contributed by atoms with van der Waals surface area (Å²) in [5.41, 5.74) is 3.31. The first kappa shape index (κ1) is 52.9. The van der Waals surface area contributed by atoms with Gasteiger partial charge in [-0.2, -0.15) is 0 Å². The van der Waals surface area contributed by atoms with Crippen molar-refractivity contribution in [3.63, 3.8) is 0 Å². The molecule has 0 N–H and O–H groups in total. The number of esters is 2. The van der Waals surface area contributed by atoms with Gasteiger partial charge in [0, 0.05) is 24.5 Å². The number of carbonyl (C=O) groups excluding carboxylic acids is 2. The Hall–Kier alpha value is -2.09. The molecule has 0 aromatic carbocycles. The van der Waals surface area contributed by atoms with Gasteiger partial charge in [0.15, 0.2) is 16.6 Å². The predicted octanol–water partition coefficient (Wildman–Crippen LogP) is 13.4. The summed E-state index contributed by atoms with van der Waals surface area (Å²) in [6.45, 7) is 38.5. The molecule has 7 nitrogen and oxygen atoms in total. The minimum Gasteiger partial charge on any atom is -0.466 e. The standard InChI is InChI=1S/C47H84O7Si3/c1-35(2)57(36(3)4,37(5)6)54-43-31-30-41(52-56(17,18)47(10,11)12)26-22-20-24-28-46(49)51-44(40(9)33-39(8)29-32-45(48)50-13)34-38(7)25-21-19-23-27-42(43)53-55(14,15)16/h19,21,24-25,28-33,35-37,40-44H,20,22-23,26-27,34H2,1-18H3/b21-19+,28-24+,31-30+,32-29+,38-25+,39-33+/t40-,41-,42+,43-,44-/m1/s1. The second-order valence-electron chi connectivity index (χ2n) is 19.6. The van der Waals surface area contributed by atoms with E-state index < -0.39 is 30.9 Å². The molecule has 1 rings (SSSR count). The Morgan fingerprint density at radius 2 is 1.47 bits per heavy atom. The van der Waals surface area contributed by atoms with Gasteiger partial charge in [0.25, 0.3) is 0 Å². The van der Waals surface area contributed by atoms with Crippen LogP contribution in [0.2, 0.25) is 54.4 Å². The fourth-order valence-electron chi connectivity index (χ4n) is 7.57. The highest BCUT2D eigenvalue weighted by molar-refractivity contribution is 6.77. The van der Waals surface area contributed by atoms with Gasteiger partial charge in [-0.25, -0.2) is 9.59 Å². The molecule has 0 fully saturated rings. The van der Waals surface area contributed by atoms with Crippen LogP contribution in [0.3, 0.4) is 0 Å². The first-order valence-corrected chi connectivity index (χ1v) is 30.1. The molecular formula is C47H84O7Si3. The molecular weight excluding hydrogens is 761 g/mol. The number of hydrogen-bond donors (Lipinski definition) is 0. The number of carbonyl (C=O) groups is 2. The van der Waals surface area contributed by atoms with Crippen molar-refractivity contribution in [2.75, 3.05) is 7.11 Å². The third kappa shape index (κ3) is 18.8. The highest BCUT2D eigenvalue weighted by atomic mass is 28.4. The van der Waals surface area contributed by atoms with Gasteiger partial charge in [-0.05, 0) is 100 Å². The molecule has 0 saturated carbocycles. The maximum Gasteiger partial charge on any atom is 0.330 e. The molecule has 0 unspecified atom stereocenters. The van der Waals surface area contributed by atoms with Gasteiger partial charge >= 0.3 is 11.9 Å². The zero-order valence-corrected chi connectivity index (χ0v) is 42.5. The molecule has 0 aliphatic carbocycles. The average molecular weight is 845 g/mol. The quantitative estimate of drug-likeness (QED) is 0.0600. The van der Waals surface area contributed by atoms with Crippen molar-refractivity contribution in [1.82, 2.24) is 0 Å². The van der Waals surface area contributed by atoms with E-state index in [-0.39, 0.29) is 41.3 Å². The lowest BCUT2D eigenvalue weighted by molar-refractivity contribution is -0.144. The van der Waals surface area contributed by atoms with E-state index in [1.807, 2.05) is 26.0 Å². The van der Waals surface area contributed by atoms with Crippen LogP contribution >= 0.6 is 0 Å². The first-order valence-electron chi connectivity index (χ1n) is 21.6. The average Bonchev–Trinajstić information content (AvgIpc) is 3.07. The zero-order valence-electron chi connectivity index (χ0n) is 39.5. The van der Waals surface area contributed by atoms with Crippen molar-refractivity contribution in [2.24, 2.45) is 5.92 Å². The van der Waals surface area contributed by atoms with Gasteiger partial charge in [-0.15, -0.1) is 0 Å². The maximum atomic E-state index is 13.2. The minimum absolute atomic E-state index is 0.0558. The monoisotopic (exact) mass is 845 g/mol. The third-order valence-corrected chi connectivity index (χ3v) is 23.1. The lowest BCUT2D eigenvalue weighted by Gasteiger charge is -2.46. The number of hydrogen-bond acceptors (Lipinski definition) is 7. The highest BCUT2D eigenvalue weighted by Gasteiger charge is 2.48. The summed E-state index contributed by atoms with van der Waals surface area (Å²) in [6.07, 6.45) is 23.6. The SMILES string of the molecule is COC(=O)/C=C/C(C)=C/[C@@H](C)[C@H]1C/C(C)=C/C=C/CC[C@H](O[Si](C)(C)C)[C@H](O[Si](C(C)C)(C(C)C)C(C)C)/C=C/[C@H](O[Si](C)(C)C(C)(C)C)CCC/C=C/C(=O)O1. The molecule has 1 heterocycles. The number of rotatable bonds is 13.